The lowest BCUT2D eigenvalue weighted by atomic mass is 10.0. The number of benzene rings is 3. The lowest BCUT2D eigenvalue weighted by Crippen LogP contribution is -2.23. The summed E-state index contributed by atoms with van der Waals surface area (Å²) in [5.74, 6) is 5.32. The Balaban J connectivity index is 0.000000833. The number of alkyl halides is 1. The van der Waals surface area contributed by atoms with Gasteiger partial charge >= 0.3 is 0 Å². The summed E-state index contributed by atoms with van der Waals surface area (Å²) in [7, 11) is 0.0168. The van der Waals surface area contributed by atoms with E-state index in [9.17, 15) is 4.79 Å². The number of para-hydroxylation sites is 1. The molecule has 0 saturated carbocycles. The van der Waals surface area contributed by atoms with Crippen molar-refractivity contribution in [1.82, 2.24) is 4.98 Å². The monoisotopic (exact) mass is 561 g/mol. The number of aromatic nitrogens is 1. The molecule has 2 heterocycles. The smallest absolute Gasteiger partial charge is 0.255 e. The molecule has 1 saturated heterocycles. The molecule has 0 bridgehead atoms. The van der Waals surface area contributed by atoms with Gasteiger partial charge < -0.3 is 9.62 Å². The summed E-state index contributed by atoms with van der Waals surface area (Å²) in [6.07, 6.45) is 3.92. The van der Waals surface area contributed by atoms with Gasteiger partial charge in [-0.15, -0.1) is 35.4 Å². The minimum Gasteiger partial charge on any atom is -0.322 e. The van der Waals surface area contributed by atoms with Crippen LogP contribution >= 0.6 is 22.3 Å². The molecule has 4 aromatic rings. The van der Waals surface area contributed by atoms with Gasteiger partial charge in [0.15, 0.2) is 0 Å². The molecule has 39 heavy (non-hydrogen) atoms. The Bertz CT molecular complexity index is 1370. The van der Waals surface area contributed by atoms with Crippen molar-refractivity contribution in [3.05, 3.63) is 103 Å². The molecule has 1 aliphatic rings. The highest BCUT2D eigenvalue weighted by Crippen LogP contribution is 2.32. The average molecular weight is 562 g/mol. The van der Waals surface area contributed by atoms with Gasteiger partial charge in [0.2, 0.25) is 0 Å². The molecular weight excluding hydrogens is 522 g/mol. The van der Waals surface area contributed by atoms with E-state index in [2.05, 4.69) is 59.3 Å². The molecule has 0 spiro atoms. The summed E-state index contributed by atoms with van der Waals surface area (Å²) in [6.45, 7) is 13.1. The number of hydrogen-bond donors (Lipinski definition) is 1. The SMILES string of the molecule is C=C.C=S1CCCCN1c1ccc(C(=O)Nc2ccc(C)c(-c3ccc4ccccc4n3)c2)cc1.CC.CCl. The summed E-state index contributed by atoms with van der Waals surface area (Å²) in [5, 5.41) is 4.16. The van der Waals surface area contributed by atoms with Crippen molar-refractivity contribution in [3.63, 3.8) is 0 Å². The van der Waals surface area contributed by atoms with Gasteiger partial charge in [0.25, 0.3) is 5.91 Å². The molecule has 1 fully saturated rings. The van der Waals surface area contributed by atoms with E-state index in [0.29, 0.717) is 5.56 Å². The van der Waals surface area contributed by atoms with Gasteiger partial charge in [-0.25, -0.2) is 4.98 Å². The first-order valence-electron chi connectivity index (χ1n) is 13.1. The fourth-order valence-electron chi connectivity index (χ4n) is 4.22. The van der Waals surface area contributed by atoms with Crippen molar-refractivity contribution in [2.45, 2.75) is 33.6 Å². The molecule has 1 amide bonds. The van der Waals surface area contributed by atoms with Crippen molar-refractivity contribution in [2.24, 2.45) is 0 Å². The first kappa shape index (κ1) is 31.8. The Hall–Kier alpha value is -3.41. The van der Waals surface area contributed by atoms with E-state index in [-0.39, 0.29) is 16.6 Å². The van der Waals surface area contributed by atoms with Gasteiger partial charge in [0.1, 0.15) is 0 Å². The van der Waals surface area contributed by atoms with Crippen LogP contribution in [0, 0.1) is 6.92 Å². The highest BCUT2D eigenvalue weighted by Gasteiger charge is 2.15. The lowest BCUT2D eigenvalue weighted by Gasteiger charge is -2.31. The standard InChI is InChI=1S/C28H27N3OS.C2H6.C2H4.CH3Cl/c1-20-9-13-23(19-25(20)27-16-12-21-7-3-4-8-26(21)30-27)29-28(32)22-10-14-24(15-11-22)31-17-5-6-18-33(31)2;3*1-2/h3-4,7-16,19H,2,5-6,17-18H2,1H3,(H,29,32);1-2H3;1-2H2;1H3. The molecule has 1 aliphatic heterocycles. The first-order valence-corrected chi connectivity index (χ1v) is 15.4. The molecule has 0 radical (unpaired) electrons. The van der Waals surface area contributed by atoms with E-state index in [1.807, 2.05) is 80.6 Å². The minimum absolute atomic E-state index is 0.0168. The van der Waals surface area contributed by atoms with Crippen LogP contribution in [0.3, 0.4) is 0 Å². The predicted octanol–water partition coefficient (Wildman–Crippen LogP) is 9.36. The average Bonchev–Trinajstić information content (AvgIpc) is 3.01. The number of pyridine rings is 1. The Kier molecular flexibility index (Phi) is 13.5. The molecule has 4 nitrogen and oxygen atoms in total. The number of aryl methyl sites for hydroxylation is 1. The van der Waals surface area contributed by atoms with E-state index in [1.165, 1.54) is 19.2 Å². The number of anilines is 2. The normalized spacial score (nSPS) is 14.0. The number of hydrogen-bond acceptors (Lipinski definition) is 3. The second-order valence-corrected chi connectivity index (χ2v) is 10.2. The molecule has 1 aromatic heterocycles. The lowest BCUT2D eigenvalue weighted by molar-refractivity contribution is 0.102. The number of nitrogens with zero attached hydrogens (tertiary/aromatic N) is 2. The molecule has 1 unspecified atom stereocenters. The number of carbonyl (C=O) groups excluding carboxylic acids is 1. The maximum atomic E-state index is 12.9. The highest BCUT2D eigenvalue weighted by molar-refractivity contribution is 8.15. The zero-order valence-electron chi connectivity index (χ0n) is 23.5. The largest absolute Gasteiger partial charge is 0.322 e. The molecular formula is C33H40ClN3OS. The van der Waals surface area contributed by atoms with Gasteiger partial charge in [-0.1, -0.05) is 50.0 Å². The summed E-state index contributed by atoms with van der Waals surface area (Å²) >= 11 is 4.64. The van der Waals surface area contributed by atoms with Gasteiger partial charge in [-0.3, -0.25) is 4.79 Å². The van der Waals surface area contributed by atoms with Crippen LogP contribution in [-0.2, 0) is 0 Å². The topological polar surface area (TPSA) is 45.2 Å². The number of rotatable bonds is 4. The van der Waals surface area contributed by atoms with Crippen molar-refractivity contribution >= 4 is 56.3 Å². The molecule has 206 valence electrons. The molecule has 1 N–H and O–H groups in total. The van der Waals surface area contributed by atoms with Crippen molar-refractivity contribution < 1.29 is 4.79 Å². The fraction of sp³-hybridized carbons (Fsp3) is 0.242. The van der Waals surface area contributed by atoms with E-state index in [0.717, 1.165) is 51.4 Å². The summed E-state index contributed by atoms with van der Waals surface area (Å²) in [6, 6.07) is 26.0. The number of halogens is 1. The number of nitrogens with one attached hydrogen (secondary N) is 1. The van der Waals surface area contributed by atoms with Crippen molar-refractivity contribution in [1.29, 1.82) is 0 Å². The van der Waals surface area contributed by atoms with Gasteiger partial charge in [-0.05, 0) is 73.9 Å². The minimum atomic E-state index is -0.116. The predicted molar refractivity (Wildman–Crippen MR) is 177 cm³/mol. The van der Waals surface area contributed by atoms with Gasteiger partial charge in [-0.2, -0.15) is 0 Å². The maximum absolute atomic E-state index is 12.9. The Morgan fingerprint density at radius 3 is 2.33 bits per heavy atom. The molecule has 0 aliphatic carbocycles. The summed E-state index contributed by atoms with van der Waals surface area (Å²) < 4.78 is 2.36. The van der Waals surface area contributed by atoms with E-state index in [1.54, 1.807) is 0 Å². The number of amides is 1. The van der Waals surface area contributed by atoms with Crippen LogP contribution in [0.4, 0.5) is 11.4 Å². The molecule has 6 heteroatoms. The van der Waals surface area contributed by atoms with Crippen LogP contribution in [0.2, 0.25) is 0 Å². The van der Waals surface area contributed by atoms with Crippen LogP contribution in [0.15, 0.2) is 92.0 Å². The summed E-state index contributed by atoms with van der Waals surface area (Å²) in [5.41, 5.74) is 6.54. The van der Waals surface area contributed by atoms with Crippen molar-refractivity contribution in [3.8, 4) is 11.3 Å². The molecule has 5 rings (SSSR count). The third-order valence-electron chi connectivity index (χ3n) is 6.09. The van der Waals surface area contributed by atoms with Gasteiger partial charge in [0, 0.05) is 46.6 Å². The zero-order chi connectivity index (χ0) is 28.8. The second-order valence-electron chi connectivity index (χ2n) is 8.40. The van der Waals surface area contributed by atoms with Crippen LogP contribution in [0.25, 0.3) is 22.2 Å². The summed E-state index contributed by atoms with van der Waals surface area (Å²) in [4.78, 5) is 17.7. The van der Waals surface area contributed by atoms with E-state index < -0.39 is 0 Å². The fourth-order valence-corrected chi connectivity index (χ4v) is 5.78. The second kappa shape index (κ2) is 16.5. The van der Waals surface area contributed by atoms with Gasteiger partial charge in [0.05, 0.1) is 11.2 Å². The number of fused-ring (bicyclic) bond motifs is 1. The third-order valence-corrected chi connectivity index (χ3v) is 7.87. The maximum Gasteiger partial charge on any atom is 0.255 e. The third kappa shape index (κ3) is 8.29. The van der Waals surface area contributed by atoms with Crippen LogP contribution in [0.5, 0.6) is 0 Å². The first-order chi connectivity index (χ1) is 19.1. The van der Waals surface area contributed by atoms with E-state index >= 15 is 0 Å². The zero-order valence-corrected chi connectivity index (χ0v) is 25.1. The van der Waals surface area contributed by atoms with Crippen molar-refractivity contribution in [2.75, 3.05) is 28.3 Å². The molecule has 3 aromatic carbocycles. The Morgan fingerprint density at radius 2 is 1.64 bits per heavy atom. The van der Waals surface area contributed by atoms with Crippen LogP contribution < -0.4 is 9.62 Å². The Labute approximate surface area is 241 Å². The van der Waals surface area contributed by atoms with Crippen LogP contribution in [-0.4, -0.2) is 35.4 Å². The highest BCUT2D eigenvalue weighted by atomic mass is 35.5. The number of carbonyl (C=O) groups is 1. The molecule has 1 atom stereocenters. The Morgan fingerprint density at radius 1 is 0.949 bits per heavy atom. The quantitative estimate of drug-likeness (QED) is 0.153. The van der Waals surface area contributed by atoms with E-state index in [4.69, 9.17) is 4.98 Å². The van der Waals surface area contributed by atoms with Crippen LogP contribution in [0.1, 0.15) is 42.6 Å².